The molecule has 1 aromatic carbocycles. The molecule has 0 spiro atoms. The zero-order chi connectivity index (χ0) is 17.4. The van der Waals surface area contributed by atoms with Crippen molar-refractivity contribution in [2.75, 3.05) is 19.8 Å². The molecular weight excluding hydrogens is 306 g/mol. The molecule has 0 saturated heterocycles. The third-order valence-electron chi connectivity index (χ3n) is 4.43. The van der Waals surface area contributed by atoms with E-state index >= 15 is 0 Å². The molecule has 132 valence electrons. The fourth-order valence-corrected chi connectivity index (χ4v) is 3.24. The second-order valence-corrected chi connectivity index (χ2v) is 6.02. The zero-order valence-electron chi connectivity index (χ0n) is 14.6. The van der Waals surface area contributed by atoms with Crippen LogP contribution in [0.25, 0.3) is 0 Å². The highest BCUT2D eigenvalue weighted by Gasteiger charge is 2.24. The second kappa shape index (κ2) is 9.30. The summed E-state index contributed by atoms with van der Waals surface area (Å²) in [6, 6.07) is 5.31. The molecule has 0 heterocycles. The summed E-state index contributed by atoms with van der Waals surface area (Å²) in [5.41, 5.74) is 0.523. The fourth-order valence-electron chi connectivity index (χ4n) is 3.24. The molecule has 24 heavy (non-hydrogen) atoms. The Morgan fingerprint density at radius 2 is 1.92 bits per heavy atom. The lowest BCUT2D eigenvalue weighted by Crippen LogP contribution is -2.43. The van der Waals surface area contributed by atoms with Gasteiger partial charge in [-0.15, -0.1) is 0 Å². The number of ether oxygens (including phenoxy) is 2. The number of amides is 1. The minimum Gasteiger partial charge on any atom is -0.490 e. The van der Waals surface area contributed by atoms with E-state index in [0.717, 1.165) is 19.1 Å². The smallest absolute Gasteiger partial charge is 0.260 e. The topological polar surface area (TPSA) is 55.8 Å². The van der Waals surface area contributed by atoms with Crippen molar-refractivity contribution >= 4 is 12.2 Å². The van der Waals surface area contributed by atoms with Gasteiger partial charge < -0.3 is 14.4 Å². The highest BCUT2D eigenvalue weighted by molar-refractivity contribution is 5.79. The average molecular weight is 333 g/mol. The summed E-state index contributed by atoms with van der Waals surface area (Å²) >= 11 is 0. The van der Waals surface area contributed by atoms with E-state index in [9.17, 15) is 9.59 Å². The Bertz CT molecular complexity index is 552. The molecule has 5 nitrogen and oxygen atoms in total. The number of benzene rings is 1. The van der Waals surface area contributed by atoms with E-state index in [-0.39, 0.29) is 12.5 Å². The normalized spacial score (nSPS) is 14.9. The van der Waals surface area contributed by atoms with E-state index in [0.29, 0.717) is 36.3 Å². The minimum atomic E-state index is -0.00908. The molecule has 0 unspecified atom stereocenters. The predicted molar refractivity (Wildman–Crippen MR) is 92.8 cm³/mol. The van der Waals surface area contributed by atoms with Crippen molar-refractivity contribution < 1.29 is 19.1 Å². The number of rotatable bonds is 8. The highest BCUT2D eigenvalue weighted by atomic mass is 16.5. The van der Waals surface area contributed by atoms with E-state index < -0.39 is 0 Å². The molecule has 0 atom stereocenters. The third-order valence-corrected chi connectivity index (χ3v) is 4.43. The first-order chi connectivity index (χ1) is 11.7. The zero-order valence-corrected chi connectivity index (χ0v) is 14.6. The Morgan fingerprint density at radius 3 is 2.54 bits per heavy atom. The summed E-state index contributed by atoms with van der Waals surface area (Å²) in [6.07, 6.45) is 6.57. The van der Waals surface area contributed by atoms with E-state index in [1.165, 1.54) is 19.3 Å². The highest BCUT2D eigenvalue weighted by Crippen LogP contribution is 2.28. The molecule has 0 aliphatic heterocycles. The molecule has 0 radical (unpaired) electrons. The Hall–Kier alpha value is -2.04. The average Bonchev–Trinajstić information content (AvgIpc) is 2.62. The molecule has 1 fully saturated rings. The summed E-state index contributed by atoms with van der Waals surface area (Å²) in [7, 11) is 0. The maximum absolute atomic E-state index is 12.5. The van der Waals surface area contributed by atoms with E-state index in [2.05, 4.69) is 0 Å². The summed E-state index contributed by atoms with van der Waals surface area (Å²) in [5, 5.41) is 0. The molecule has 1 aromatic rings. The van der Waals surface area contributed by atoms with Crippen molar-refractivity contribution in [3.63, 3.8) is 0 Å². The Kier molecular flexibility index (Phi) is 7.09. The van der Waals surface area contributed by atoms with E-state index in [4.69, 9.17) is 9.47 Å². The van der Waals surface area contributed by atoms with Gasteiger partial charge in [-0.3, -0.25) is 9.59 Å². The number of carbonyl (C=O) groups is 2. The number of hydrogen-bond donors (Lipinski definition) is 0. The first-order valence-electron chi connectivity index (χ1n) is 8.83. The van der Waals surface area contributed by atoms with Crippen LogP contribution in [0.1, 0.15) is 56.3 Å². The van der Waals surface area contributed by atoms with Crippen LogP contribution in [0.2, 0.25) is 0 Å². The summed E-state index contributed by atoms with van der Waals surface area (Å²) in [5.74, 6) is 0.998. The van der Waals surface area contributed by atoms with Gasteiger partial charge in [0.05, 0.1) is 6.61 Å². The molecule has 0 aromatic heterocycles. The number of nitrogens with zero attached hydrogens (tertiary/aromatic N) is 1. The Balaban J connectivity index is 2.00. The lowest BCUT2D eigenvalue weighted by Gasteiger charge is -2.33. The fraction of sp³-hybridized carbons (Fsp3) is 0.579. The molecular formula is C19H27NO4. The van der Waals surface area contributed by atoms with Crippen molar-refractivity contribution in [1.29, 1.82) is 0 Å². The van der Waals surface area contributed by atoms with Crippen LogP contribution in [0.5, 0.6) is 11.5 Å². The standard InChI is InChI=1S/C19H27NO4/c1-3-20(16-8-6-5-7-9-16)19(22)14-24-17-11-10-15(13-21)12-18(17)23-4-2/h10-13,16H,3-9,14H2,1-2H3. The maximum atomic E-state index is 12.5. The lowest BCUT2D eigenvalue weighted by atomic mass is 9.94. The Morgan fingerprint density at radius 1 is 1.17 bits per heavy atom. The van der Waals surface area contributed by atoms with E-state index in [1.54, 1.807) is 18.2 Å². The van der Waals surface area contributed by atoms with Gasteiger partial charge in [0, 0.05) is 18.2 Å². The Labute approximate surface area is 143 Å². The molecule has 1 saturated carbocycles. The molecule has 2 rings (SSSR count). The lowest BCUT2D eigenvalue weighted by molar-refractivity contribution is -0.136. The second-order valence-electron chi connectivity index (χ2n) is 6.02. The van der Waals surface area contributed by atoms with Crippen molar-refractivity contribution in [2.45, 2.75) is 52.0 Å². The van der Waals surface area contributed by atoms with Crippen LogP contribution in [0, 0.1) is 0 Å². The summed E-state index contributed by atoms with van der Waals surface area (Å²) in [4.78, 5) is 25.4. The van der Waals surface area contributed by atoms with Crippen LogP contribution in [0.15, 0.2) is 18.2 Å². The van der Waals surface area contributed by atoms with Gasteiger partial charge >= 0.3 is 0 Å². The summed E-state index contributed by atoms with van der Waals surface area (Å²) < 4.78 is 11.2. The summed E-state index contributed by atoms with van der Waals surface area (Å²) in [6.45, 7) is 5.04. The molecule has 0 bridgehead atoms. The number of hydrogen-bond acceptors (Lipinski definition) is 4. The largest absolute Gasteiger partial charge is 0.490 e. The van der Waals surface area contributed by atoms with Gasteiger partial charge in [0.2, 0.25) is 0 Å². The number of carbonyl (C=O) groups excluding carboxylic acids is 2. The number of likely N-dealkylation sites (N-methyl/N-ethyl adjacent to an activating group) is 1. The van der Waals surface area contributed by atoms with Crippen LogP contribution >= 0.6 is 0 Å². The van der Waals surface area contributed by atoms with Crippen LogP contribution in [0.3, 0.4) is 0 Å². The molecule has 5 heteroatoms. The first-order valence-corrected chi connectivity index (χ1v) is 8.83. The van der Waals surface area contributed by atoms with Crippen LogP contribution < -0.4 is 9.47 Å². The predicted octanol–water partition coefficient (Wildman–Crippen LogP) is 3.46. The van der Waals surface area contributed by atoms with Crippen molar-refractivity contribution in [3.8, 4) is 11.5 Å². The van der Waals surface area contributed by atoms with Crippen LogP contribution in [-0.2, 0) is 4.79 Å². The molecule has 1 aliphatic rings. The third kappa shape index (κ3) is 4.73. The van der Waals surface area contributed by atoms with Crippen molar-refractivity contribution in [1.82, 2.24) is 4.90 Å². The maximum Gasteiger partial charge on any atom is 0.260 e. The minimum absolute atomic E-state index is 0.00584. The van der Waals surface area contributed by atoms with Gasteiger partial charge in [0.15, 0.2) is 18.1 Å². The molecule has 0 N–H and O–H groups in total. The van der Waals surface area contributed by atoms with Crippen molar-refractivity contribution in [3.05, 3.63) is 23.8 Å². The SMILES string of the molecule is CCOc1cc(C=O)ccc1OCC(=O)N(CC)C1CCCCC1. The molecule has 1 aliphatic carbocycles. The van der Waals surface area contributed by atoms with Gasteiger partial charge in [-0.1, -0.05) is 19.3 Å². The van der Waals surface area contributed by atoms with Gasteiger partial charge in [-0.05, 0) is 44.9 Å². The number of aldehydes is 1. The molecule has 1 amide bonds. The van der Waals surface area contributed by atoms with Crippen molar-refractivity contribution in [2.24, 2.45) is 0 Å². The van der Waals surface area contributed by atoms with Crippen LogP contribution in [-0.4, -0.2) is 42.9 Å². The van der Waals surface area contributed by atoms with Gasteiger partial charge in [-0.2, -0.15) is 0 Å². The monoisotopic (exact) mass is 333 g/mol. The van der Waals surface area contributed by atoms with Gasteiger partial charge in [0.25, 0.3) is 5.91 Å². The van der Waals surface area contributed by atoms with E-state index in [1.807, 2.05) is 18.7 Å². The van der Waals surface area contributed by atoms with Gasteiger partial charge in [0.1, 0.15) is 6.29 Å². The quantitative estimate of drug-likeness (QED) is 0.684. The first kappa shape index (κ1) is 18.3. The van der Waals surface area contributed by atoms with Crippen LogP contribution in [0.4, 0.5) is 0 Å². The van der Waals surface area contributed by atoms with Gasteiger partial charge in [-0.25, -0.2) is 0 Å².